The number of nitrogens with one attached hydrogen (secondary N) is 1. The second kappa shape index (κ2) is 3.84. The molecule has 2 aromatic carbocycles. The van der Waals surface area contributed by atoms with E-state index in [1.54, 1.807) is 0 Å². The number of para-hydroxylation sites is 1. The number of rotatable bonds is 1. The highest BCUT2D eigenvalue weighted by Gasteiger charge is 2.09. The Labute approximate surface area is 100 Å². The number of aromatic nitrogens is 1. The van der Waals surface area contributed by atoms with Crippen LogP contribution in [0.5, 0.6) is 0 Å². The molecule has 0 atom stereocenters. The number of hydrogen-bond donors (Lipinski definition) is 1. The lowest BCUT2D eigenvalue weighted by Crippen LogP contribution is -1.80. The highest BCUT2D eigenvalue weighted by Crippen LogP contribution is 2.29. The minimum atomic E-state index is 0.937. The molecule has 0 saturated heterocycles. The molecule has 0 amide bonds. The zero-order valence-electron chi connectivity index (χ0n) is 9.27. The van der Waals surface area contributed by atoms with Crippen LogP contribution in [0.15, 0.2) is 54.6 Å². The Kier molecular flexibility index (Phi) is 2.20. The van der Waals surface area contributed by atoms with Gasteiger partial charge in [-0.05, 0) is 11.6 Å². The van der Waals surface area contributed by atoms with Gasteiger partial charge in [0.25, 0.3) is 0 Å². The lowest BCUT2D eigenvalue weighted by Gasteiger charge is -1.98. The summed E-state index contributed by atoms with van der Waals surface area (Å²) in [6.07, 6.45) is 5.63. The van der Waals surface area contributed by atoms with E-state index in [1.807, 2.05) is 42.5 Å². The third-order valence-electron chi connectivity index (χ3n) is 2.91. The molecule has 1 heterocycles. The van der Waals surface area contributed by atoms with E-state index in [4.69, 9.17) is 6.42 Å². The smallest absolute Gasteiger partial charge is 0.0623 e. The van der Waals surface area contributed by atoms with Crippen LogP contribution in [0.3, 0.4) is 0 Å². The standard InChI is InChI=1S/C16H11N/c1-2-13-14-10-6-7-11-15(14)17-16(13)12-8-4-3-5-9-12/h1,3-11,17H. The van der Waals surface area contributed by atoms with Crippen molar-refractivity contribution in [1.29, 1.82) is 0 Å². The quantitative estimate of drug-likeness (QED) is 0.596. The Morgan fingerprint density at radius 2 is 1.59 bits per heavy atom. The molecular weight excluding hydrogens is 206 g/mol. The minimum absolute atomic E-state index is 0.937. The maximum Gasteiger partial charge on any atom is 0.0623 e. The van der Waals surface area contributed by atoms with Crippen LogP contribution >= 0.6 is 0 Å². The van der Waals surface area contributed by atoms with Crippen molar-refractivity contribution in [2.45, 2.75) is 0 Å². The van der Waals surface area contributed by atoms with Crippen molar-refractivity contribution in [1.82, 2.24) is 4.98 Å². The predicted molar refractivity (Wildman–Crippen MR) is 71.7 cm³/mol. The van der Waals surface area contributed by atoms with Crippen molar-refractivity contribution < 1.29 is 0 Å². The molecule has 3 aromatic rings. The molecular formula is C16H11N. The topological polar surface area (TPSA) is 15.8 Å². The summed E-state index contributed by atoms with van der Waals surface area (Å²) in [6, 6.07) is 18.3. The molecule has 1 aromatic heterocycles. The van der Waals surface area contributed by atoms with Gasteiger partial charge in [-0.25, -0.2) is 0 Å². The minimum Gasteiger partial charge on any atom is -0.353 e. The number of terminal acetylenes is 1. The van der Waals surface area contributed by atoms with Gasteiger partial charge in [-0.2, -0.15) is 0 Å². The molecule has 17 heavy (non-hydrogen) atoms. The molecule has 0 aliphatic carbocycles. The lowest BCUT2D eigenvalue weighted by molar-refractivity contribution is 1.44. The van der Waals surface area contributed by atoms with E-state index in [9.17, 15) is 0 Å². The second-order valence-electron chi connectivity index (χ2n) is 3.93. The maximum absolute atomic E-state index is 5.63. The summed E-state index contributed by atoms with van der Waals surface area (Å²) in [5.74, 6) is 2.79. The first-order chi connectivity index (χ1) is 8.40. The van der Waals surface area contributed by atoms with Crippen LogP contribution < -0.4 is 0 Å². The van der Waals surface area contributed by atoms with Crippen LogP contribution in [-0.4, -0.2) is 4.98 Å². The third-order valence-corrected chi connectivity index (χ3v) is 2.91. The van der Waals surface area contributed by atoms with Crippen molar-refractivity contribution in [3.63, 3.8) is 0 Å². The first-order valence-corrected chi connectivity index (χ1v) is 5.53. The Morgan fingerprint density at radius 1 is 0.882 bits per heavy atom. The summed E-state index contributed by atoms with van der Waals surface area (Å²) in [5.41, 5.74) is 4.16. The average molecular weight is 217 g/mol. The SMILES string of the molecule is C#Cc1c(-c2ccccc2)[nH]c2ccccc12. The van der Waals surface area contributed by atoms with E-state index < -0.39 is 0 Å². The largest absolute Gasteiger partial charge is 0.353 e. The highest BCUT2D eigenvalue weighted by atomic mass is 14.7. The first kappa shape index (κ1) is 9.74. The van der Waals surface area contributed by atoms with E-state index in [0.717, 1.165) is 27.7 Å². The van der Waals surface area contributed by atoms with Gasteiger partial charge in [0.2, 0.25) is 0 Å². The Bertz CT molecular complexity index is 699. The van der Waals surface area contributed by atoms with Gasteiger partial charge in [-0.15, -0.1) is 6.42 Å². The van der Waals surface area contributed by atoms with Gasteiger partial charge in [0, 0.05) is 10.9 Å². The summed E-state index contributed by atoms with van der Waals surface area (Å²) in [6.45, 7) is 0. The highest BCUT2D eigenvalue weighted by molar-refractivity contribution is 5.93. The molecule has 0 radical (unpaired) electrons. The number of aromatic amines is 1. The zero-order valence-corrected chi connectivity index (χ0v) is 9.27. The molecule has 80 valence electrons. The van der Waals surface area contributed by atoms with E-state index >= 15 is 0 Å². The average Bonchev–Trinajstić information content (AvgIpc) is 2.78. The van der Waals surface area contributed by atoms with Gasteiger partial charge >= 0.3 is 0 Å². The summed E-state index contributed by atoms with van der Waals surface area (Å²) >= 11 is 0. The Hall–Kier alpha value is -2.46. The monoisotopic (exact) mass is 217 g/mol. The van der Waals surface area contributed by atoms with Crippen LogP contribution in [0.25, 0.3) is 22.2 Å². The molecule has 0 spiro atoms. The van der Waals surface area contributed by atoms with Crippen molar-refractivity contribution in [2.24, 2.45) is 0 Å². The van der Waals surface area contributed by atoms with Gasteiger partial charge in [-0.3, -0.25) is 0 Å². The number of fused-ring (bicyclic) bond motifs is 1. The van der Waals surface area contributed by atoms with Crippen LogP contribution in [0.2, 0.25) is 0 Å². The molecule has 1 heteroatoms. The summed E-state index contributed by atoms with van der Waals surface area (Å²) in [7, 11) is 0. The molecule has 0 aliphatic rings. The molecule has 0 fully saturated rings. The summed E-state index contributed by atoms with van der Waals surface area (Å²) in [4.78, 5) is 3.39. The van der Waals surface area contributed by atoms with Gasteiger partial charge in [0.05, 0.1) is 11.3 Å². The molecule has 0 saturated carbocycles. The number of benzene rings is 2. The molecule has 0 aliphatic heterocycles. The van der Waals surface area contributed by atoms with E-state index in [2.05, 4.69) is 23.0 Å². The van der Waals surface area contributed by atoms with Crippen LogP contribution in [0.4, 0.5) is 0 Å². The lowest BCUT2D eigenvalue weighted by atomic mass is 10.1. The van der Waals surface area contributed by atoms with Gasteiger partial charge in [0.1, 0.15) is 0 Å². The number of H-pyrrole nitrogens is 1. The number of hydrogen-bond acceptors (Lipinski definition) is 0. The molecule has 0 unspecified atom stereocenters. The molecule has 0 bridgehead atoms. The Balaban J connectivity index is 2.35. The molecule has 1 N–H and O–H groups in total. The Morgan fingerprint density at radius 3 is 2.35 bits per heavy atom. The fourth-order valence-electron chi connectivity index (χ4n) is 2.11. The predicted octanol–water partition coefficient (Wildman–Crippen LogP) is 3.82. The van der Waals surface area contributed by atoms with Crippen LogP contribution in [0.1, 0.15) is 5.56 Å². The fourth-order valence-corrected chi connectivity index (χ4v) is 2.11. The molecule has 3 rings (SSSR count). The molecule has 1 nitrogen and oxygen atoms in total. The van der Waals surface area contributed by atoms with Crippen molar-refractivity contribution in [3.05, 3.63) is 60.2 Å². The second-order valence-corrected chi connectivity index (χ2v) is 3.93. The first-order valence-electron chi connectivity index (χ1n) is 5.53. The summed E-state index contributed by atoms with van der Waals surface area (Å²) in [5, 5.41) is 1.11. The fraction of sp³-hybridized carbons (Fsp3) is 0. The van der Waals surface area contributed by atoms with E-state index in [-0.39, 0.29) is 0 Å². The van der Waals surface area contributed by atoms with E-state index in [1.165, 1.54) is 0 Å². The van der Waals surface area contributed by atoms with Crippen LogP contribution in [0, 0.1) is 12.3 Å². The zero-order chi connectivity index (χ0) is 11.7. The van der Waals surface area contributed by atoms with Gasteiger partial charge < -0.3 is 4.98 Å². The van der Waals surface area contributed by atoms with Gasteiger partial charge in [-0.1, -0.05) is 54.5 Å². The third kappa shape index (κ3) is 1.51. The summed E-state index contributed by atoms with van der Waals surface area (Å²) < 4.78 is 0. The van der Waals surface area contributed by atoms with E-state index in [0.29, 0.717) is 0 Å². The van der Waals surface area contributed by atoms with Crippen molar-refractivity contribution >= 4 is 10.9 Å². The maximum atomic E-state index is 5.63. The van der Waals surface area contributed by atoms with Crippen LogP contribution in [-0.2, 0) is 0 Å². The van der Waals surface area contributed by atoms with Crippen molar-refractivity contribution in [3.8, 4) is 23.6 Å². The van der Waals surface area contributed by atoms with Crippen molar-refractivity contribution in [2.75, 3.05) is 0 Å². The normalized spacial score (nSPS) is 10.3. The van der Waals surface area contributed by atoms with Gasteiger partial charge in [0.15, 0.2) is 0 Å².